The summed E-state index contributed by atoms with van der Waals surface area (Å²) in [6, 6.07) is 35.0. The number of aromatic carboxylic acids is 1. The highest BCUT2D eigenvalue weighted by Gasteiger charge is 2.54. The zero-order valence-electron chi connectivity index (χ0n) is 25.7. The minimum atomic E-state index is -1.56. The van der Waals surface area contributed by atoms with Crippen LogP contribution in [-0.4, -0.2) is 27.0 Å². The molecular weight excluding hydrogens is 669 g/mol. The molecule has 1 N–H and O–H groups in total. The minimum absolute atomic E-state index is 0.00924. The molecule has 9 rings (SSSR count). The van der Waals surface area contributed by atoms with Crippen molar-refractivity contribution in [2.24, 2.45) is 0 Å². The molecule has 238 valence electrons. The second-order valence-corrected chi connectivity index (χ2v) is 14.0. The lowest BCUT2D eigenvalue weighted by Crippen LogP contribution is -2.33. The molecule has 2 aliphatic heterocycles. The highest BCUT2D eigenvalue weighted by molar-refractivity contribution is 7.19. The standard InChI is InChI=1S/C39H20N4O5S2/c40-18-24(35-42-29-5-1-3-7-33(29)49-35)20-10-13-26-31(16-20)47-32-17-21(25(19-41)36-43-30-6-2-4-8-34(30)50-36)11-14-27(32)39(26)28-15-22(37(44)45)9-12-23(28)38(46)48-39/h1-17,24-25H,(H,44,45). The van der Waals surface area contributed by atoms with Crippen LogP contribution in [0, 0.1) is 22.7 Å². The zero-order chi connectivity index (χ0) is 34.1. The van der Waals surface area contributed by atoms with E-state index in [1.165, 1.54) is 40.9 Å². The third-order valence-corrected chi connectivity index (χ3v) is 11.3. The number of esters is 1. The molecule has 0 aliphatic carbocycles. The number of carbonyl (C=O) groups excluding carboxylic acids is 1. The van der Waals surface area contributed by atoms with Gasteiger partial charge in [-0.3, -0.25) is 0 Å². The normalized spacial score (nSPS) is 16.8. The zero-order valence-corrected chi connectivity index (χ0v) is 27.3. The van der Waals surface area contributed by atoms with Gasteiger partial charge in [0.15, 0.2) is 5.60 Å². The van der Waals surface area contributed by atoms with Gasteiger partial charge in [0.1, 0.15) is 33.4 Å². The summed E-state index contributed by atoms with van der Waals surface area (Å²) in [5.41, 5.74) is 2.80. The molecule has 50 heavy (non-hydrogen) atoms. The van der Waals surface area contributed by atoms with Gasteiger partial charge in [-0.1, -0.05) is 48.5 Å². The summed E-state index contributed by atoms with van der Waals surface area (Å²) in [7, 11) is 0. The lowest BCUT2D eigenvalue weighted by atomic mass is 9.76. The van der Waals surface area contributed by atoms with Crippen molar-refractivity contribution in [2.75, 3.05) is 0 Å². The summed E-state index contributed by atoms with van der Waals surface area (Å²) in [6.45, 7) is 0. The lowest BCUT2D eigenvalue weighted by molar-refractivity contribution is 0.0224. The van der Waals surface area contributed by atoms with Crippen LogP contribution in [0.25, 0.3) is 20.4 Å². The number of nitriles is 2. The molecule has 7 aromatic rings. The van der Waals surface area contributed by atoms with Gasteiger partial charge in [0.2, 0.25) is 0 Å². The number of thiazole rings is 2. The van der Waals surface area contributed by atoms with E-state index in [4.69, 9.17) is 19.4 Å². The average molecular weight is 689 g/mol. The predicted octanol–water partition coefficient (Wildman–Crippen LogP) is 8.48. The number of aromatic nitrogens is 2. The Morgan fingerprint density at radius 1 is 0.720 bits per heavy atom. The summed E-state index contributed by atoms with van der Waals surface area (Å²) in [5.74, 6) is -2.56. The van der Waals surface area contributed by atoms with Gasteiger partial charge in [-0.15, -0.1) is 22.7 Å². The molecule has 4 heterocycles. The Bertz CT molecular complexity index is 2480. The maximum Gasteiger partial charge on any atom is 0.340 e. The van der Waals surface area contributed by atoms with Crippen LogP contribution in [0.5, 0.6) is 11.5 Å². The van der Waals surface area contributed by atoms with Crippen molar-refractivity contribution in [1.82, 2.24) is 9.97 Å². The van der Waals surface area contributed by atoms with Gasteiger partial charge in [-0.05, 0) is 65.7 Å². The highest BCUT2D eigenvalue weighted by Crippen LogP contribution is 2.57. The second-order valence-electron chi connectivity index (χ2n) is 11.9. The Hall–Kier alpha value is -6.40. The third kappa shape index (κ3) is 4.35. The van der Waals surface area contributed by atoms with Gasteiger partial charge in [0.25, 0.3) is 0 Å². The van der Waals surface area contributed by atoms with E-state index in [1.54, 1.807) is 36.4 Å². The summed E-state index contributed by atoms with van der Waals surface area (Å²) >= 11 is 2.87. The van der Waals surface area contributed by atoms with Crippen molar-refractivity contribution >= 4 is 55.0 Å². The summed E-state index contributed by atoms with van der Waals surface area (Å²) in [5, 5.41) is 31.9. The van der Waals surface area contributed by atoms with Crippen molar-refractivity contribution in [1.29, 1.82) is 10.5 Å². The monoisotopic (exact) mass is 688 g/mol. The molecule has 2 atom stereocenters. The largest absolute Gasteiger partial charge is 0.478 e. The van der Waals surface area contributed by atoms with Gasteiger partial charge >= 0.3 is 11.9 Å². The summed E-state index contributed by atoms with van der Waals surface area (Å²) < 4.78 is 14.8. The van der Waals surface area contributed by atoms with Crippen LogP contribution >= 0.6 is 22.7 Å². The van der Waals surface area contributed by atoms with Gasteiger partial charge < -0.3 is 14.6 Å². The topological polar surface area (TPSA) is 146 Å². The Morgan fingerprint density at radius 3 is 1.76 bits per heavy atom. The minimum Gasteiger partial charge on any atom is -0.478 e. The van der Waals surface area contributed by atoms with Crippen molar-refractivity contribution < 1.29 is 24.2 Å². The van der Waals surface area contributed by atoms with Crippen LogP contribution < -0.4 is 4.74 Å². The van der Waals surface area contributed by atoms with Gasteiger partial charge in [-0.2, -0.15) is 10.5 Å². The number of benzene rings is 5. The molecule has 0 amide bonds. The van der Waals surface area contributed by atoms with Gasteiger partial charge in [0, 0.05) is 16.7 Å². The molecule has 9 nitrogen and oxygen atoms in total. The Morgan fingerprint density at radius 2 is 1.26 bits per heavy atom. The molecule has 11 heteroatoms. The number of carboxylic acid groups (broad SMARTS) is 1. The first-order chi connectivity index (χ1) is 24.4. The maximum absolute atomic E-state index is 13.5. The Balaban J connectivity index is 1.23. The van der Waals surface area contributed by atoms with E-state index in [0.717, 1.165) is 20.4 Å². The molecular formula is C39H20N4O5S2. The fourth-order valence-corrected chi connectivity index (χ4v) is 8.90. The van der Waals surface area contributed by atoms with Crippen LogP contribution in [0.1, 0.15) is 70.4 Å². The molecule has 1 spiro atoms. The molecule has 2 aliphatic rings. The smallest absolute Gasteiger partial charge is 0.340 e. The fourth-order valence-electron chi connectivity index (χ4n) is 6.82. The molecule has 2 unspecified atom stereocenters. The molecule has 0 radical (unpaired) electrons. The predicted molar refractivity (Wildman–Crippen MR) is 186 cm³/mol. The molecule has 0 bridgehead atoms. The van der Waals surface area contributed by atoms with Gasteiger partial charge in [0.05, 0.1) is 43.7 Å². The van der Waals surface area contributed by atoms with Crippen LogP contribution in [0.2, 0.25) is 0 Å². The SMILES string of the molecule is N#CC(c1ccc2c(c1)Oc1cc(C(C#N)c3nc4ccccc4s3)ccc1C21OC(=O)c2ccc(C(=O)O)cc21)c1nc2ccccc2s1. The number of para-hydroxylation sites is 2. The van der Waals surface area contributed by atoms with Crippen molar-refractivity contribution in [3.63, 3.8) is 0 Å². The van der Waals surface area contributed by atoms with E-state index in [9.17, 15) is 25.2 Å². The number of fused-ring (bicyclic) bond motifs is 8. The highest BCUT2D eigenvalue weighted by atomic mass is 32.1. The van der Waals surface area contributed by atoms with Crippen molar-refractivity contribution in [3.05, 3.63) is 152 Å². The number of hydrogen-bond acceptors (Lipinski definition) is 10. The fraction of sp³-hybridized carbons (Fsp3) is 0.0769. The molecule has 0 saturated carbocycles. The van der Waals surface area contributed by atoms with E-state index in [1.807, 2.05) is 48.5 Å². The number of hydrogen-bond donors (Lipinski definition) is 1. The number of ether oxygens (including phenoxy) is 2. The number of nitrogens with zero attached hydrogens (tertiary/aromatic N) is 4. The van der Waals surface area contributed by atoms with E-state index >= 15 is 0 Å². The second kappa shape index (κ2) is 11.1. The molecule has 0 saturated heterocycles. The first kappa shape index (κ1) is 29.7. The van der Waals surface area contributed by atoms with E-state index < -0.39 is 29.4 Å². The number of rotatable bonds is 5. The van der Waals surface area contributed by atoms with Crippen LogP contribution in [0.15, 0.2) is 103 Å². The van der Waals surface area contributed by atoms with E-state index in [2.05, 4.69) is 12.1 Å². The Labute approximate surface area is 291 Å². The third-order valence-electron chi connectivity index (χ3n) is 9.14. The van der Waals surface area contributed by atoms with Gasteiger partial charge in [-0.25, -0.2) is 19.6 Å². The molecule has 0 fully saturated rings. The van der Waals surface area contributed by atoms with Crippen LogP contribution in [-0.2, 0) is 10.3 Å². The summed E-state index contributed by atoms with van der Waals surface area (Å²) in [4.78, 5) is 35.1. The van der Waals surface area contributed by atoms with Crippen LogP contribution in [0.3, 0.4) is 0 Å². The number of carbonyl (C=O) groups is 2. The maximum atomic E-state index is 13.5. The Kier molecular flexibility index (Phi) is 6.58. The van der Waals surface area contributed by atoms with E-state index in [-0.39, 0.29) is 11.1 Å². The van der Waals surface area contributed by atoms with E-state index in [0.29, 0.717) is 49.3 Å². The first-order valence-electron chi connectivity index (χ1n) is 15.5. The lowest BCUT2D eigenvalue weighted by Gasteiger charge is -2.37. The van der Waals surface area contributed by atoms with Crippen molar-refractivity contribution in [2.45, 2.75) is 17.4 Å². The number of carboxylic acids is 1. The van der Waals surface area contributed by atoms with Crippen LogP contribution in [0.4, 0.5) is 0 Å². The molecule has 2 aromatic heterocycles. The average Bonchev–Trinajstić information content (AvgIpc) is 3.83. The first-order valence-corrected chi connectivity index (χ1v) is 17.1. The molecule has 5 aromatic carbocycles. The van der Waals surface area contributed by atoms with Crippen molar-refractivity contribution in [3.8, 4) is 23.6 Å². The summed E-state index contributed by atoms with van der Waals surface area (Å²) in [6.07, 6.45) is 0. The quantitative estimate of drug-likeness (QED) is 0.176.